The fourth-order valence-electron chi connectivity index (χ4n) is 5.35. The Balaban J connectivity index is 0.000000345. The van der Waals surface area contributed by atoms with Crippen molar-refractivity contribution in [1.82, 2.24) is 24.6 Å². The lowest BCUT2D eigenvalue weighted by atomic mass is 9.93. The van der Waals surface area contributed by atoms with Gasteiger partial charge in [0.2, 0.25) is 0 Å². The summed E-state index contributed by atoms with van der Waals surface area (Å²) in [4.78, 5) is 29.0. The number of halogens is 7. The SMILES string of the molecule is Cc1c(Cl)cc(C(C)n2nc(C)c3c(N)ncnc32)c2c1CN(C1CCCCC1)CCO2.O=C(O)C(F)(F)F.O=C(O)C(F)(F)F. The van der Waals surface area contributed by atoms with E-state index in [1.54, 1.807) is 0 Å². The van der Waals surface area contributed by atoms with Gasteiger partial charge in [-0.3, -0.25) is 4.90 Å². The largest absolute Gasteiger partial charge is 0.492 e. The zero-order valence-electron chi connectivity index (χ0n) is 25.0. The first-order valence-electron chi connectivity index (χ1n) is 14.1. The molecule has 254 valence electrons. The lowest BCUT2D eigenvalue weighted by Gasteiger charge is -2.33. The fourth-order valence-corrected chi connectivity index (χ4v) is 5.58. The van der Waals surface area contributed by atoms with Gasteiger partial charge in [-0.1, -0.05) is 30.9 Å². The number of nitrogens with zero attached hydrogens (tertiary/aromatic N) is 5. The van der Waals surface area contributed by atoms with Crippen molar-refractivity contribution in [2.75, 3.05) is 18.9 Å². The maximum Gasteiger partial charge on any atom is 0.490 e. The van der Waals surface area contributed by atoms with Gasteiger partial charge < -0.3 is 20.7 Å². The van der Waals surface area contributed by atoms with Crippen molar-refractivity contribution in [3.63, 3.8) is 0 Å². The van der Waals surface area contributed by atoms with Crippen molar-refractivity contribution in [3.05, 3.63) is 39.8 Å². The topological polar surface area (TPSA) is 157 Å². The highest BCUT2D eigenvalue weighted by atomic mass is 35.5. The van der Waals surface area contributed by atoms with E-state index in [0.717, 1.165) is 51.7 Å². The molecule has 1 aliphatic heterocycles. The van der Waals surface area contributed by atoms with Crippen LogP contribution in [0.25, 0.3) is 11.0 Å². The molecule has 18 heteroatoms. The van der Waals surface area contributed by atoms with Crippen molar-refractivity contribution in [3.8, 4) is 5.75 Å². The zero-order chi connectivity index (χ0) is 34.6. The van der Waals surface area contributed by atoms with Gasteiger partial charge in [0.05, 0.1) is 17.1 Å². The summed E-state index contributed by atoms with van der Waals surface area (Å²) in [5, 5.41) is 20.6. The van der Waals surface area contributed by atoms with Crippen LogP contribution < -0.4 is 10.5 Å². The van der Waals surface area contributed by atoms with Crippen LogP contribution in [0.4, 0.5) is 32.2 Å². The van der Waals surface area contributed by atoms with E-state index < -0.39 is 24.3 Å². The normalized spacial score (nSPS) is 16.6. The van der Waals surface area contributed by atoms with E-state index in [-0.39, 0.29) is 6.04 Å². The summed E-state index contributed by atoms with van der Waals surface area (Å²) in [6.07, 6.45) is -2.13. The Bertz CT molecular complexity index is 1530. The molecular formula is C28H33ClF6N6O5. The molecule has 46 heavy (non-hydrogen) atoms. The molecule has 2 aromatic heterocycles. The predicted octanol–water partition coefficient (Wildman–Crippen LogP) is 6.08. The molecule has 1 unspecified atom stereocenters. The minimum Gasteiger partial charge on any atom is -0.492 e. The molecule has 0 spiro atoms. The first kappa shape index (κ1) is 36.6. The number of nitrogens with two attached hydrogens (primary N) is 1. The molecule has 3 heterocycles. The zero-order valence-corrected chi connectivity index (χ0v) is 25.8. The van der Waals surface area contributed by atoms with Crippen LogP contribution >= 0.6 is 11.6 Å². The Morgan fingerprint density at radius 3 is 2.15 bits per heavy atom. The standard InChI is InChI=1S/C24H31ClN6O.2C2HF3O2/c1-14-19-12-30(17-7-5-4-6-8-17)9-10-32-22(19)18(11-20(14)25)16(3)31-24-21(15(2)29-31)23(26)27-13-28-24;2*3-2(4,5)1(6)7/h11,13,16-17H,4-10,12H2,1-3H3,(H2,26,27,28);2*(H,6,7). The van der Waals surface area contributed by atoms with Gasteiger partial charge in [-0.05, 0) is 45.2 Å². The van der Waals surface area contributed by atoms with E-state index in [1.807, 2.05) is 17.7 Å². The average Bonchev–Trinajstić information content (AvgIpc) is 3.16. The number of fused-ring (bicyclic) bond motifs is 2. The number of ether oxygens (including phenoxy) is 1. The molecule has 0 saturated heterocycles. The van der Waals surface area contributed by atoms with Gasteiger partial charge in [0.15, 0.2) is 5.65 Å². The molecule has 1 aliphatic carbocycles. The highest BCUT2D eigenvalue weighted by Crippen LogP contribution is 2.41. The van der Waals surface area contributed by atoms with Crippen molar-refractivity contribution < 1.29 is 50.9 Å². The third kappa shape index (κ3) is 8.69. The molecule has 1 atom stereocenters. The Labute approximate surface area is 264 Å². The fraction of sp³-hybridized carbons (Fsp3) is 0.536. The molecule has 3 aromatic rings. The number of benzene rings is 1. The third-order valence-corrected chi connectivity index (χ3v) is 8.09. The van der Waals surface area contributed by atoms with E-state index in [9.17, 15) is 26.3 Å². The highest BCUT2D eigenvalue weighted by Gasteiger charge is 2.39. The second-order valence-electron chi connectivity index (χ2n) is 10.8. The molecule has 1 fully saturated rings. The number of hydrogen-bond donors (Lipinski definition) is 3. The first-order valence-corrected chi connectivity index (χ1v) is 14.5. The van der Waals surface area contributed by atoms with E-state index in [0.29, 0.717) is 18.5 Å². The maximum atomic E-state index is 10.6. The van der Waals surface area contributed by atoms with Crippen LogP contribution in [0.15, 0.2) is 12.4 Å². The number of carbonyl (C=O) groups is 2. The summed E-state index contributed by atoms with van der Waals surface area (Å²) < 4.78 is 71.8. The summed E-state index contributed by atoms with van der Waals surface area (Å²) in [6, 6.07) is 2.55. The maximum absolute atomic E-state index is 10.6. The minimum atomic E-state index is -5.08. The number of nitrogen functional groups attached to an aromatic ring is 1. The first-order chi connectivity index (χ1) is 21.3. The molecule has 11 nitrogen and oxygen atoms in total. The van der Waals surface area contributed by atoms with Gasteiger partial charge in [0, 0.05) is 35.3 Å². The molecule has 0 amide bonds. The molecular weight excluding hydrogens is 650 g/mol. The van der Waals surface area contributed by atoms with E-state index in [1.165, 1.54) is 44.0 Å². The Morgan fingerprint density at radius 2 is 1.61 bits per heavy atom. The average molecular weight is 683 g/mol. The summed E-state index contributed by atoms with van der Waals surface area (Å²) >= 11 is 6.77. The van der Waals surface area contributed by atoms with Crippen LogP contribution in [0, 0.1) is 13.8 Å². The number of carboxylic acids is 2. The van der Waals surface area contributed by atoms with Gasteiger partial charge in [0.25, 0.3) is 0 Å². The number of aromatic nitrogens is 4. The lowest BCUT2D eigenvalue weighted by Crippen LogP contribution is -2.37. The second kappa shape index (κ2) is 14.7. The smallest absolute Gasteiger partial charge is 0.490 e. The van der Waals surface area contributed by atoms with Gasteiger partial charge in [0.1, 0.15) is 24.5 Å². The summed E-state index contributed by atoms with van der Waals surface area (Å²) in [5.74, 6) is -4.12. The quantitative estimate of drug-likeness (QED) is 0.277. The molecule has 4 N–H and O–H groups in total. The van der Waals surface area contributed by atoms with Gasteiger partial charge in [-0.2, -0.15) is 31.4 Å². The molecule has 1 saturated carbocycles. The summed E-state index contributed by atoms with van der Waals surface area (Å²) in [6.45, 7) is 8.64. The Kier molecular flexibility index (Phi) is 11.7. The molecule has 2 aliphatic rings. The second-order valence-corrected chi connectivity index (χ2v) is 11.2. The Morgan fingerprint density at radius 1 is 1.04 bits per heavy atom. The van der Waals surface area contributed by atoms with Gasteiger partial charge in [-0.15, -0.1) is 0 Å². The Hall–Kier alpha value is -3.86. The van der Waals surface area contributed by atoms with Crippen molar-refractivity contribution in [2.45, 2.75) is 83.9 Å². The number of aliphatic carboxylic acids is 2. The van der Waals surface area contributed by atoms with Crippen molar-refractivity contribution >= 4 is 40.4 Å². The number of rotatable bonds is 3. The van der Waals surface area contributed by atoms with E-state index in [2.05, 4.69) is 28.7 Å². The van der Waals surface area contributed by atoms with Crippen LogP contribution in [0.5, 0.6) is 5.75 Å². The number of alkyl halides is 6. The number of aryl methyl sites for hydroxylation is 1. The van der Waals surface area contributed by atoms with Crippen LogP contribution in [0.3, 0.4) is 0 Å². The van der Waals surface area contributed by atoms with Gasteiger partial charge in [-0.25, -0.2) is 24.2 Å². The third-order valence-electron chi connectivity index (χ3n) is 7.70. The molecule has 5 rings (SSSR count). The van der Waals surface area contributed by atoms with Crippen LogP contribution in [0.2, 0.25) is 5.02 Å². The van der Waals surface area contributed by atoms with E-state index >= 15 is 0 Å². The van der Waals surface area contributed by atoms with Crippen LogP contribution in [0.1, 0.15) is 67.5 Å². The van der Waals surface area contributed by atoms with Crippen LogP contribution in [-0.2, 0) is 16.1 Å². The number of hydrogen-bond acceptors (Lipinski definition) is 8. The van der Waals surface area contributed by atoms with Crippen molar-refractivity contribution in [2.24, 2.45) is 0 Å². The molecule has 0 bridgehead atoms. The van der Waals surface area contributed by atoms with Crippen molar-refractivity contribution in [1.29, 1.82) is 0 Å². The molecule has 0 radical (unpaired) electrons. The monoisotopic (exact) mass is 682 g/mol. The minimum absolute atomic E-state index is 0.117. The lowest BCUT2D eigenvalue weighted by molar-refractivity contribution is -0.193. The summed E-state index contributed by atoms with van der Waals surface area (Å²) in [5.41, 5.74) is 11.0. The molecule has 1 aromatic carbocycles. The predicted molar refractivity (Wildman–Crippen MR) is 155 cm³/mol. The van der Waals surface area contributed by atoms with E-state index in [4.69, 9.17) is 47.0 Å². The van der Waals surface area contributed by atoms with Gasteiger partial charge >= 0.3 is 24.3 Å². The number of carboxylic acid groups (broad SMARTS) is 2. The number of anilines is 1. The summed E-state index contributed by atoms with van der Waals surface area (Å²) in [7, 11) is 0. The highest BCUT2D eigenvalue weighted by molar-refractivity contribution is 6.31. The van der Waals surface area contributed by atoms with Crippen LogP contribution in [-0.4, -0.2) is 78.3 Å².